The number of aromatic amines is 1. The lowest BCUT2D eigenvalue weighted by atomic mass is 9.72. The van der Waals surface area contributed by atoms with Gasteiger partial charge in [0.1, 0.15) is 5.82 Å². The Hall–Kier alpha value is -3.19. The molecule has 6 nitrogen and oxygen atoms in total. The molecule has 1 spiro atoms. The van der Waals surface area contributed by atoms with Gasteiger partial charge < -0.3 is 19.5 Å². The monoisotopic (exact) mass is 407 g/mol. The molecule has 2 fully saturated rings. The number of amides is 2. The average Bonchev–Trinajstić information content (AvgIpc) is 3.22. The average molecular weight is 407 g/mol. The number of hydrogen-bond donors (Lipinski definition) is 1. The van der Waals surface area contributed by atoms with E-state index in [-0.39, 0.29) is 17.6 Å². The number of rotatable bonds is 3. The SMILES string of the molecule is COC1C(=O)N(c2cccc(F)c2)C12CCN(C(=O)c1ccc3cc[nH]c3c1)CC2. The number of carbonyl (C=O) groups excluding carboxylic acids is 2. The van der Waals surface area contributed by atoms with E-state index in [1.165, 1.54) is 19.2 Å². The number of hydrogen-bond acceptors (Lipinski definition) is 3. The molecule has 2 aliphatic rings. The maximum absolute atomic E-state index is 13.8. The van der Waals surface area contributed by atoms with Crippen molar-refractivity contribution in [1.82, 2.24) is 9.88 Å². The Bertz CT molecular complexity index is 1130. The molecule has 5 rings (SSSR count). The fraction of sp³-hybridized carbons (Fsp3) is 0.304. The number of carbonyl (C=O) groups is 2. The molecule has 1 aromatic heterocycles. The number of halogens is 1. The van der Waals surface area contributed by atoms with Gasteiger partial charge in [0.25, 0.3) is 11.8 Å². The minimum atomic E-state index is -0.576. The Kier molecular flexibility index (Phi) is 4.36. The Morgan fingerprint density at radius 3 is 2.70 bits per heavy atom. The smallest absolute Gasteiger partial charge is 0.259 e. The van der Waals surface area contributed by atoms with Crippen LogP contribution >= 0.6 is 0 Å². The molecule has 3 aromatic rings. The van der Waals surface area contributed by atoms with Crippen LogP contribution in [0.25, 0.3) is 10.9 Å². The number of anilines is 1. The van der Waals surface area contributed by atoms with Gasteiger partial charge in [0.15, 0.2) is 6.10 Å². The summed E-state index contributed by atoms with van der Waals surface area (Å²) in [7, 11) is 1.52. The molecule has 30 heavy (non-hydrogen) atoms. The largest absolute Gasteiger partial charge is 0.369 e. The summed E-state index contributed by atoms with van der Waals surface area (Å²) in [5.74, 6) is -0.581. The molecule has 2 saturated heterocycles. The summed E-state index contributed by atoms with van der Waals surface area (Å²) in [4.78, 5) is 32.4. The maximum atomic E-state index is 13.8. The van der Waals surface area contributed by atoms with Crippen molar-refractivity contribution >= 4 is 28.4 Å². The first kappa shape index (κ1) is 18.8. The fourth-order valence-electron chi connectivity index (χ4n) is 4.88. The Morgan fingerprint density at radius 1 is 1.17 bits per heavy atom. The first-order chi connectivity index (χ1) is 14.5. The van der Waals surface area contributed by atoms with Gasteiger partial charge in [0.05, 0.1) is 5.54 Å². The van der Waals surface area contributed by atoms with Crippen molar-refractivity contribution in [3.63, 3.8) is 0 Å². The van der Waals surface area contributed by atoms with Gasteiger partial charge >= 0.3 is 0 Å². The predicted molar refractivity (Wildman–Crippen MR) is 111 cm³/mol. The summed E-state index contributed by atoms with van der Waals surface area (Å²) in [5.41, 5.74) is 1.54. The molecular formula is C23H22FN3O3. The summed E-state index contributed by atoms with van der Waals surface area (Å²) < 4.78 is 19.3. The van der Waals surface area contributed by atoms with Crippen molar-refractivity contribution in [1.29, 1.82) is 0 Å². The van der Waals surface area contributed by atoms with Crippen molar-refractivity contribution in [3.05, 3.63) is 66.1 Å². The highest BCUT2D eigenvalue weighted by molar-refractivity contribution is 6.07. The van der Waals surface area contributed by atoms with Gasteiger partial charge in [0, 0.05) is 43.2 Å². The molecular weight excluding hydrogens is 385 g/mol. The number of aromatic nitrogens is 1. The summed E-state index contributed by atoms with van der Waals surface area (Å²) in [5, 5.41) is 1.06. The van der Waals surface area contributed by atoms with E-state index in [2.05, 4.69) is 4.98 Å². The zero-order chi connectivity index (χ0) is 20.9. The van der Waals surface area contributed by atoms with Gasteiger partial charge in [-0.3, -0.25) is 9.59 Å². The molecule has 1 N–H and O–H groups in total. The molecule has 0 bridgehead atoms. The van der Waals surface area contributed by atoms with Crippen LogP contribution in [-0.4, -0.2) is 53.5 Å². The standard InChI is InChI=1S/C23H22FN3O3/c1-30-20-22(29)27(18-4-2-3-17(24)14-18)23(20)8-11-26(12-9-23)21(28)16-6-5-15-7-10-25-19(15)13-16/h2-7,10,13-14,20,25H,8-9,11-12H2,1H3. The number of benzene rings is 2. The molecule has 7 heteroatoms. The second kappa shape index (κ2) is 6.95. The molecule has 1 atom stereocenters. The molecule has 2 amide bonds. The number of nitrogens with zero attached hydrogens (tertiary/aromatic N) is 2. The number of nitrogens with one attached hydrogen (secondary N) is 1. The van der Waals surface area contributed by atoms with E-state index in [1.54, 1.807) is 17.0 Å². The number of ether oxygens (including phenoxy) is 1. The number of β-lactam (4-membered cyclic amide) rings is 1. The lowest BCUT2D eigenvalue weighted by molar-refractivity contribution is -0.150. The summed E-state index contributed by atoms with van der Waals surface area (Å²) in [6.45, 7) is 1.00. The van der Waals surface area contributed by atoms with Crippen LogP contribution < -0.4 is 4.90 Å². The molecule has 3 heterocycles. The van der Waals surface area contributed by atoms with E-state index >= 15 is 0 Å². The molecule has 2 aromatic carbocycles. The zero-order valence-electron chi connectivity index (χ0n) is 16.6. The van der Waals surface area contributed by atoms with Gasteiger partial charge in [0.2, 0.25) is 0 Å². The Labute approximate surface area is 173 Å². The summed E-state index contributed by atoms with van der Waals surface area (Å²) in [6.07, 6.45) is 2.42. The van der Waals surface area contributed by atoms with Gasteiger partial charge in [-0.05, 0) is 54.6 Å². The number of methoxy groups -OCH3 is 1. The second-order valence-corrected chi connectivity index (χ2v) is 7.94. The number of H-pyrrole nitrogens is 1. The number of likely N-dealkylation sites (tertiary alicyclic amines) is 1. The summed E-state index contributed by atoms with van der Waals surface area (Å²) in [6, 6.07) is 13.7. The van der Waals surface area contributed by atoms with E-state index in [4.69, 9.17) is 4.74 Å². The van der Waals surface area contributed by atoms with Crippen LogP contribution in [0.4, 0.5) is 10.1 Å². The highest BCUT2D eigenvalue weighted by Gasteiger charge is 2.62. The van der Waals surface area contributed by atoms with Crippen molar-refractivity contribution in [2.45, 2.75) is 24.5 Å². The van der Waals surface area contributed by atoms with E-state index < -0.39 is 11.6 Å². The van der Waals surface area contributed by atoms with Crippen LogP contribution in [0.5, 0.6) is 0 Å². The molecule has 1 unspecified atom stereocenters. The van der Waals surface area contributed by atoms with Crippen LogP contribution in [0.15, 0.2) is 54.7 Å². The molecule has 2 aliphatic heterocycles. The van der Waals surface area contributed by atoms with Gasteiger partial charge in [-0.25, -0.2) is 4.39 Å². The number of piperidine rings is 1. The van der Waals surface area contributed by atoms with Crippen LogP contribution in [0.1, 0.15) is 23.2 Å². The zero-order valence-corrected chi connectivity index (χ0v) is 16.6. The molecule has 0 saturated carbocycles. The first-order valence-electron chi connectivity index (χ1n) is 10.0. The molecule has 0 aliphatic carbocycles. The third kappa shape index (κ3) is 2.73. The number of fused-ring (bicyclic) bond motifs is 1. The van der Waals surface area contributed by atoms with E-state index in [1.807, 2.05) is 35.4 Å². The highest BCUT2D eigenvalue weighted by atomic mass is 19.1. The lowest BCUT2D eigenvalue weighted by Gasteiger charge is -2.59. The van der Waals surface area contributed by atoms with Gasteiger partial charge in [-0.15, -0.1) is 0 Å². The quantitative estimate of drug-likeness (QED) is 0.678. The van der Waals surface area contributed by atoms with Crippen LogP contribution in [0, 0.1) is 5.82 Å². The van der Waals surface area contributed by atoms with Crippen molar-refractivity contribution in [3.8, 4) is 0 Å². The van der Waals surface area contributed by atoms with E-state index in [9.17, 15) is 14.0 Å². The third-order valence-corrected chi connectivity index (χ3v) is 6.40. The maximum Gasteiger partial charge on any atom is 0.259 e. The summed E-state index contributed by atoms with van der Waals surface area (Å²) >= 11 is 0. The Morgan fingerprint density at radius 2 is 1.97 bits per heavy atom. The second-order valence-electron chi connectivity index (χ2n) is 7.94. The lowest BCUT2D eigenvalue weighted by Crippen LogP contribution is -2.78. The predicted octanol–water partition coefficient (Wildman–Crippen LogP) is 3.34. The van der Waals surface area contributed by atoms with E-state index in [0.717, 1.165) is 10.9 Å². The fourth-order valence-corrected chi connectivity index (χ4v) is 4.88. The van der Waals surface area contributed by atoms with E-state index in [0.29, 0.717) is 37.2 Å². The molecule has 154 valence electrons. The van der Waals surface area contributed by atoms with Gasteiger partial charge in [-0.1, -0.05) is 12.1 Å². The normalized spacial score (nSPS) is 20.6. The topological polar surface area (TPSA) is 65.6 Å². The Balaban J connectivity index is 1.37. The minimum Gasteiger partial charge on any atom is -0.369 e. The first-order valence-corrected chi connectivity index (χ1v) is 10.0. The van der Waals surface area contributed by atoms with Crippen molar-refractivity contribution in [2.75, 3.05) is 25.1 Å². The third-order valence-electron chi connectivity index (χ3n) is 6.40. The van der Waals surface area contributed by atoms with Crippen LogP contribution in [0.2, 0.25) is 0 Å². The molecule has 0 radical (unpaired) electrons. The van der Waals surface area contributed by atoms with Crippen LogP contribution in [-0.2, 0) is 9.53 Å². The van der Waals surface area contributed by atoms with Crippen LogP contribution in [0.3, 0.4) is 0 Å². The minimum absolute atomic E-state index is 0.0294. The van der Waals surface area contributed by atoms with Gasteiger partial charge in [-0.2, -0.15) is 0 Å². The van der Waals surface area contributed by atoms with Crippen molar-refractivity contribution < 1.29 is 18.7 Å². The van der Waals surface area contributed by atoms with Crippen molar-refractivity contribution in [2.24, 2.45) is 0 Å². The highest BCUT2D eigenvalue weighted by Crippen LogP contribution is 2.45.